The molecule has 2 rings (SSSR count). The number of benzene rings is 1. The minimum atomic E-state index is 0.0645. The quantitative estimate of drug-likeness (QED) is 0.787. The molecule has 1 aliphatic carbocycles. The fourth-order valence-electron chi connectivity index (χ4n) is 2.47. The first kappa shape index (κ1) is 13.4. The molecule has 2 unspecified atom stereocenters. The van der Waals surface area contributed by atoms with Gasteiger partial charge in [0, 0.05) is 12.4 Å². The number of hydrogen-bond acceptors (Lipinski definition) is 1. The molecule has 0 radical (unpaired) electrons. The van der Waals surface area contributed by atoms with Crippen LogP contribution in [0.1, 0.15) is 36.8 Å². The van der Waals surface area contributed by atoms with Gasteiger partial charge in [0.1, 0.15) is 0 Å². The van der Waals surface area contributed by atoms with E-state index in [1.54, 1.807) is 0 Å². The molecule has 0 heterocycles. The standard InChI is InChI=1S/C15H20ClNO/c1-2-11(7-8-16)10-17-15(18)14-9-12-5-3-4-6-13(12)14/h3-6,11,14H,2,7-10H2,1H3,(H,17,18). The van der Waals surface area contributed by atoms with Crippen LogP contribution in [0.25, 0.3) is 0 Å². The minimum Gasteiger partial charge on any atom is -0.355 e. The molecule has 0 saturated heterocycles. The molecule has 98 valence electrons. The van der Waals surface area contributed by atoms with Crippen LogP contribution < -0.4 is 5.32 Å². The number of halogens is 1. The molecule has 0 aromatic heterocycles. The van der Waals surface area contributed by atoms with E-state index in [1.165, 1.54) is 11.1 Å². The van der Waals surface area contributed by atoms with Crippen molar-refractivity contribution in [3.63, 3.8) is 0 Å². The van der Waals surface area contributed by atoms with Crippen molar-refractivity contribution in [3.05, 3.63) is 35.4 Å². The number of alkyl halides is 1. The summed E-state index contributed by atoms with van der Waals surface area (Å²) in [6.07, 6.45) is 2.92. The first-order valence-corrected chi connectivity index (χ1v) is 7.21. The van der Waals surface area contributed by atoms with Crippen molar-refractivity contribution >= 4 is 17.5 Å². The summed E-state index contributed by atoms with van der Waals surface area (Å²) in [6.45, 7) is 2.89. The predicted octanol–water partition coefficient (Wildman–Crippen LogP) is 3.10. The number of amides is 1. The van der Waals surface area contributed by atoms with Gasteiger partial charge in [-0.15, -0.1) is 11.6 Å². The second-order valence-corrected chi connectivity index (χ2v) is 5.33. The van der Waals surface area contributed by atoms with Crippen molar-refractivity contribution in [1.29, 1.82) is 0 Å². The van der Waals surface area contributed by atoms with Crippen LogP contribution in [-0.4, -0.2) is 18.3 Å². The van der Waals surface area contributed by atoms with E-state index in [2.05, 4.69) is 24.4 Å². The topological polar surface area (TPSA) is 29.1 Å². The number of rotatable bonds is 6. The summed E-state index contributed by atoms with van der Waals surface area (Å²) in [5.74, 6) is 1.40. The van der Waals surface area contributed by atoms with E-state index in [9.17, 15) is 4.79 Å². The van der Waals surface area contributed by atoms with Gasteiger partial charge in [-0.05, 0) is 29.9 Å². The maximum atomic E-state index is 12.1. The summed E-state index contributed by atoms with van der Waals surface area (Å²) in [7, 11) is 0. The van der Waals surface area contributed by atoms with Crippen molar-refractivity contribution < 1.29 is 4.79 Å². The second-order valence-electron chi connectivity index (χ2n) is 4.95. The van der Waals surface area contributed by atoms with Gasteiger partial charge < -0.3 is 5.32 Å². The summed E-state index contributed by atoms with van der Waals surface area (Å²) in [4.78, 5) is 12.1. The molecule has 1 aliphatic rings. The normalized spacial score (nSPS) is 18.7. The summed E-state index contributed by atoms with van der Waals surface area (Å²) < 4.78 is 0. The number of nitrogens with one attached hydrogen (secondary N) is 1. The third-order valence-electron chi connectivity index (χ3n) is 3.83. The molecule has 1 aromatic carbocycles. The fraction of sp³-hybridized carbons (Fsp3) is 0.533. The number of hydrogen-bond donors (Lipinski definition) is 1. The van der Waals surface area contributed by atoms with E-state index in [0.717, 1.165) is 25.8 Å². The number of carbonyl (C=O) groups is 1. The first-order valence-electron chi connectivity index (χ1n) is 6.67. The summed E-state index contributed by atoms with van der Waals surface area (Å²) in [5, 5.41) is 3.06. The molecule has 0 spiro atoms. The summed E-state index contributed by atoms with van der Waals surface area (Å²) in [5.41, 5.74) is 2.51. The molecule has 0 fully saturated rings. The van der Waals surface area contributed by atoms with E-state index < -0.39 is 0 Å². The SMILES string of the molecule is CCC(CCCl)CNC(=O)C1Cc2ccccc21. The number of fused-ring (bicyclic) bond motifs is 1. The third-order valence-corrected chi connectivity index (χ3v) is 4.05. The van der Waals surface area contributed by atoms with E-state index >= 15 is 0 Å². The van der Waals surface area contributed by atoms with E-state index in [4.69, 9.17) is 11.6 Å². The predicted molar refractivity (Wildman–Crippen MR) is 75.0 cm³/mol. The van der Waals surface area contributed by atoms with Crippen LogP contribution in [0.15, 0.2) is 24.3 Å². The van der Waals surface area contributed by atoms with Crippen molar-refractivity contribution in [1.82, 2.24) is 5.32 Å². The Morgan fingerprint density at radius 2 is 2.28 bits per heavy atom. The van der Waals surface area contributed by atoms with Gasteiger partial charge in [-0.2, -0.15) is 0 Å². The Labute approximate surface area is 114 Å². The van der Waals surface area contributed by atoms with Gasteiger partial charge in [0.05, 0.1) is 5.92 Å². The van der Waals surface area contributed by atoms with Crippen LogP contribution in [0.3, 0.4) is 0 Å². The highest BCUT2D eigenvalue weighted by Gasteiger charge is 2.31. The van der Waals surface area contributed by atoms with E-state index in [0.29, 0.717) is 11.8 Å². The molecule has 0 bridgehead atoms. The molecule has 3 heteroatoms. The lowest BCUT2D eigenvalue weighted by molar-refractivity contribution is -0.123. The lowest BCUT2D eigenvalue weighted by Gasteiger charge is -2.29. The van der Waals surface area contributed by atoms with Crippen molar-refractivity contribution in [2.45, 2.75) is 32.1 Å². The minimum absolute atomic E-state index is 0.0645. The van der Waals surface area contributed by atoms with Crippen LogP contribution in [0.5, 0.6) is 0 Å². The zero-order chi connectivity index (χ0) is 13.0. The first-order chi connectivity index (χ1) is 8.76. The van der Waals surface area contributed by atoms with Gasteiger partial charge >= 0.3 is 0 Å². The van der Waals surface area contributed by atoms with Gasteiger partial charge in [-0.3, -0.25) is 4.79 Å². The maximum absolute atomic E-state index is 12.1. The molecule has 0 saturated carbocycles. The smallest absolute Gasteiger partial charge is 0.227 e. The zero-order valence-electron chi connectivity index (χ0n) is 10.8. The largest absolute Gasteiger partial charge is 0.355 e. The molecule has 1 amide bonds. The number of carbonyl (C=O) groups excluding carboxylic acids is 1. The molecular formula is C15H20ClNO. The molecule has 2 nitrogen and oxygen atoms in total. The zero-order valence-corrected chi connectivity index (χ0v) is 11.5. The van der Waals surface area contributed by atoms with Crippen molar-refractivity contribution in [2.24, 2.45) is 5.92 Å². The molecule has 2 atom stereocenters. The van der Waals surface area contributed by atoms with Gasteiger partial charge in [-0.1, -0.05) is 37.6 Å². The van der Waals surface area contributed by atoms with Crippen molar-refractivity contribution in [3.8, 4) is 0 Å². The Hall–Kier alpha value is -1.02. The highest BCUT2D eigenvalue weighted by molar-refractivity contribution is 6.17. The van der Waals surface area contributed by atoms with Crippen LogP contribution in [0.4, 0.5) is 0 Å². The Kier molecular flexibility index (Phi) is 4.65. The summed E-state index contributed by atoms with van der Waals surface area (Å²) >= 11 is 5.75. The second kappa shape index (κ2) is 6.24. The van der Waals surface area contributed by atoms with E-state index in [1.807, 2.05) is 12.1 Å². The molecule has 0 aliphatic heterocycles. The van der Waals surface area contributed by atoms with Gasteiger partial charge in [-0.25, -0.2) is 0 Å². The lowest BCUT2D eigenvalue weighted by atomic mass is 9.77. The van der Waals surface area contributed by atoms with Crippen LogP contribution >= 0.6 is 11.6 Å². The van der Waals surface area contributed by atoms with Crippen LogP contribution in [0.2, 0.25) is 0 Å². The average molecular weight is 266 g/mol. The maximum Gasteiger partial charge on any atom is 0.227 e. The summed E-state index contributed by atoms with van der Waals surface area (Å²) in [6, 6.07) is 8.18. The highest BCUT2D eigenvalue weighted by atomic mass is 35.5. The fourth-order valence-corrected chi connectivity index (χ4v) is 2.77. The molecule has 1 N–H and O–H groups in total. The van der Waals surface area contributed by atoms with Crippen LogP contribution in [0, 0.1) is 5.92 Å². The lowest BCUT2D eigenvalue weighted by Crippen LogP contribution is -2.37. The van der Waals surface area contributed by atoms with Gasteiger partial charge in [0.2, 0.25) is 5.91 Å². The van der Waals surface area contributed by atoms with E-state index in [-0.39, 0.29) is 11.8 Å². The van der Waals surface area contributed by atoms with Gasteiger partial charge in [0.15, 0.2) is 0 Å². The highest BCUT2D eigenvalue weighted by Crippen LogP contribution is 2.34. The van der Waals surface area contributed by atoms with Crippen molar-refractivity contribution in [2.75, 3.05) is 12.4 Å². The molecule has 18 heavy (non-hydrogen) atoms. The Morgan fingerprint density at radius 3 is 2.94 bits per heavy atom. The van der Waals surface area contributed by atoms with Crippen LogP contribution in [-0.2, 0) is 11.2 Å². The Morgan fingerprint density at radius 1 is 1.50 bits per heavy atom. The Bertz CT molecular complexity index is 419. The van der Waals surface area contributed by atoms with Gasteiger partial charge in [0.25, 0.3) is 0 Å². The molecular weight excluding hydrogens is 246 g/mol. The monoisotopic (exact) mass is 265 g/mol. The average Bonchev–Trinajstić information content (AvgIpc) is 2.36. The Balaban J connectivity index is 1.84. The third kappa shape index (κ3) is 2.86. The molecule has 1 aromatic rings.